The van der Waals surface area contributed by atoms with Crippen LogP contribution in [0.4, 0.5) is 0 Å². The summed E-state index contributed by atoms with van der Waals surface area (Å²) >= 11 is 0. The molecule has 7 heteroatoms. The number of hydrogen-bond donors (Lipinski definition) is 1. The molecule has 0 aliphatic rings. The lowest BCUT2D eigenvalue weighted by Crippen LogP contribution is -2.34. The minimum Gasteiger partial charge on any atom is -0.315 e. The van der Waals surface area contributed by atoms with Crippen molar-refractivity contribution < 1.29 is 8.42 Å². The van der Waals surface area contributed by atoms with Gasteiger partial charge in [-0.25, -0.2) is 8.42 Å². The Kier molecular flexibility index (Phi) is 7.34. The van der Waals surface area contributed by atoms with Gasteiger partial charge < -0.3 is 5.32 Å². The monoisotopic (exact) mass is 316 g/mol. The van der Waals surface area contributed by atoms with E-state index in [0.717, 1.165) is 32.4 Å². The minimum absolute atomic E-state index is 0.00503. The van der Waals surface area contributed by atoms with Gasteiger partial charge in [0.15, 0.2) is 0 Å². The van der Waals surface area contributed by atoms with Gasteiger partial charge in [0.2, 0.25) is 10.0 Å². The van der Waals surface area contributed by atoms with Crippen molar-refractivity contribution in [2.45, 2.75) is 57.5 Å². The van der Waals surface area contributed by atoms with Crippen LogP contribution >= 0.6 is 0 Å². The number of hydrogen-bond acceptors (Lipinski definition) is 4. The molecule has 0 saturated heterocycles. The first-order valence-electron chi connectivity index (χ1n) is 7.64. The predicted molar refractivity (Wildman–Crippen MR) is 84.7 cm³/mol. The fourth-order valence-corrected chi connectivity index (χ4v) is 3.45. The van der Waals surface area contributed by atoms with Crippen LogP contribution in [0.5, 0.6) is 0 Å². The van der Waals surface area contributed by atoms with Gasteiger partial charge in [0.05, 0.1) is 12.7 Å². The fourth-order valence-electron chi connectivity index (χ4n) is 2.10. The van der Waals surface area contributed by atoms with Crippen LogP contribution in [0.2, 0.25) is 0 Å². The Balaban J connectivity index is 2.69. The largest absolute Gasteiger partial charge is 0.315 e. The maximum atomic E-state index is 12.5. The van der Waals surface area contributed by atoms with Crippen molar-refractivity contribution in [1.82, 2.24) is 19.4 Å². The van der Waals surface area contributed by atoms with E-state index in [9.17, 15) is 8.42 Å². The van der Waals surface area contributed by atoms with E-state index in [2.05, 4.69) is 24.3 Å². The number of nitrogens with one attached hydrogen (secondary N) is 1. The van der Waals surface area contributed by atoms with Gasteiger partial charge in [-0.2, -0.15) is 9.40 Å². The number of rotatable bonds is 10. The van der Waals surface area contributed by atoms with Gasteiger partial charge >= 0.3 is 0 Å². The Morgan fingerprint density at radius 3 is 2.67 bits per heavy atom. The number of aromatic nitrogens is 2. The van der Waals surface area contributed by atoms with E-state index in [1.165, 1.54) is 10.5 Å². The second kappa shape index (κ2) is 8.51. The van der Waals surface area contributed by atoms with Crippen LogP contribution in [0.15, 0.2) is 17.3 Å². The summed E-state index contributed by atoms with van der Waals surface area (Å²) in [6, 6.07) is -0.00503. The fraction of sp³-hybridized carbons (Fsp3) is 0.786. The zero-order valence-corrected chi connectivity index (χ0v) is 14.4. The first-order chi connectivity index (χ1) is 9.93. The van der Waals surface area contributed by atoms with E-state index >= 15 is 0 Å². The third kappa shape index (κ3) is 5.09. The summed E-state index contributed by atoms with van der Waals surface area (Å²) in [5.74, 6) is 0. The van der Waals surface area contributed by atoms with Crippen molar-refractivity contribution in [2.24, 2.45) is 0 Å². The van der Waals surface area contributed by atoms with Crippen LogP contribution in [0.1, 0.15) is 40.0 Å². The summed E-state index contributed by atoms with van der Waals surface area (Å²) in [7, 11) is -1.81. The summed E-state index contributed by atoms with van der Waals surface area (Å²) < 4.78 is 28.1. The molecule has 1 atom stereocenters. The van der Waals surface area contributed by atoms with Gasteiger partial charge in [0, 0.05) is 25.8 Å². The summed E-state index contributed by atoms with van der Waals surface area (Å²) in [6.07, 6.45) is 5.94. The molecule has 1 N–H and O–H groups in total. The summed E-state index contributed by atoms with van der Waals surface area (Å²) in [4.78, 5) is 0.267. The molecule has 0 aliphatic carbocycles. The van der Waals surface area contributed by atoms with E-state index in [-0.39, 0.29) is 10.9 Å². The van der Waals surface area contributed by atoms with Gasteiger partial charge in [-0.15, -0.1) is 0 Å². The second-order valence-electron chi connectivity index (χ2n) is 5.35. The average molecular weight is 316 g/mol. The maximum absolute atomic E-state index is 12.5. The molecule has 21 heavy (non-hydrogen) atoms. The molecular weight excluding hydrogens is 288 g/mol. The third-order valence-electron chi connectivity index (χ3n) is 3.56. The van der Waals surface area contributed by atoms with Gasteiger partial charge in [-0.1, -0.05) is 20.3 Å². The summed E-state index contributed by atoms with van der Waals surface area (Å²) in [5.41, 5.74) is 0. The molecule has 0 spiro atoms. The van der Waals surface area contributed by atoms with Crippen molar-refractivity contribution in [3.05, 3.63) is 12.4 Å². The molecule has 1 aromatic heterocycles. The second-order valence-corrected chi connectivity index (χ2v) is 7.35. The molecule has 0 fully saturated rings. The van der Waals surface area contributed by atoms with Gasteiger partial charge in [-0.05, 0) is 26.3 Å². The van der Waals surface area contributed by atoms with Crippen LogP contribution < -0.4 is 5.32 Å². The third-order valence-corrected chi connectivity index (χ3v) is 5.48. The smallest absolute Gasteiger partial charge is 0.246 e. The van der Waals surface area contributed by atoms with E-state index in [1.807, 2.05) is 6.92 Å². The van der Waals surface area contributed by atoms with E-state index in [1.54, 1.807) is 17.9 Å². The molecule has 0 radical (unpaired) electrons. The number of nitrogens with zero attached hydrogens (tertiary/aromatic N) is 3. The van der Waals surface area contributed by atoms with E-state index in [4.69, 9.17) is 0 Å². The molecule has 1 rings (SSSR count). The molecule has 122 valence electrons. The molecule has 0 saturated carbocycles. The maximum Gasteiger partial charge on any atom is 0.246 e. The van der Waals surface area contributed by atoms with Crippen LogP contribution in [0.3, 0.4) is 0 Å². The summed E-state index contributed by atoms with van der Waals surface area (Å²) in [5, 5.41) is 7.41. The van der Waals surface area contributed by atoms with Gasteiger partial charge in [0.25, 0.3) is 0 Å². The SMILES string of the molecule is CCCNCCn1cc(S(=O)(=O)N(C)C(C)CCC)cn1. The Morgan fingerprint density at radius 2 is 2.05 bits per heavy atom. The van der Waals surface area contributed by atoms with E-state index < -0.39 is 10.0 Å². The first-order valence-corrected chi connectivity index (χ1v) is 9.08. The van der Waals surface area contributed by atoms with Crippen molar-refractivity contribution in [3.63, 3.8) is 0 Å². The molecular formula is C14H28N4O2S. The van der Waals surface area contributed by atoms with Crippen molar-refractivity contribution >= 4 is 10.0 Å². The Labute approximate surface area is 128 Å². The van der Waals surface area contributed by atoms with Crippen molar-refractivity contribution in [1.29, 1.82) is 0 Å². The highest BCUT2D eigenvalue weighted by Crippen LogP contribution is 2.17. The quantitative estimate of drug-likeness (QED) is 0.667. The lowest BCUT2D eigenvalue weighted by Gasteiger charge is -2.23. The minimum atomic E-state index is -3.45. The Hall–Kier alpha value is -0.920. The van der Waals surface area contributed by atoms with Crippen LogP contribution in [-0.2, 0) is 16.6 Å². The highest BCUT2D eigenvalue weighted by atomic mass is 32.2. The summed E-state index contributed by atoms with van der Waals surface area (Å²) in [6.45, 7) is 8.52. The van der Waals surface area contributed by atoms with Gasteiger partial charge in [-0.3, -0.25) is 4.68 Å². The normalized spacial score (nSPS) is 13.8. The lowest BCUT2D eigenvalue weighted by atomic mass is 10.2. The van der Waals surface area contributed by atoms with Crippen LogP contribution in [0, 0.1) is 0 Å². The highest BCUT2D eigenvalue weighted by molar-refractivity contribution is 7.89. The molecule has 1 heterocycles. The number of sulfonamides is 1. The molecule has 0 amide bonds. The molecule has 0 bridgehead atoms. The zero-order valence-electron chi connectivity index (χ0n) is 13.5. The predicted octanol–water partition coefficient (Wildman–Crippen LogP) is 1.69. The standard InChI is InChI=1S/C14H28N4O2S/c1-5-7-13(3)17(4)21(19,20)14-11-16-18(12-14)10-9-15-8-6-2/h11-13,15H,5-10H2,1-4H3. The molecule has 1 unspecified atom stereocenters. The Morgan fingerprint density at radius 1 is 1.33 bits per heavy atom. The van der Waals surface area contributed by atoms with Crippen LogP contribution in [0.25, 0.3) is 0 Å². The molecule has 6 nitrogen and oxygen atoms in total. The zero-order chi connectivity index (χ0) is 15.9. The molecule has 1 aromatic rings. The average Bonchev–Trinajstić information content (AvgIpc) is 2.92. The molecule has 0 aromatic carbocycles. The highest BCUT2D eigenvalue weighted by Gasteiger charge is 2.26. The van der Waals surface area contributed by atoms with Crippen molar-refractivity contribution in [2.75, 3.05) is 20.1 Å². The topological polar surface area (TPSA) is 67.2 Å². The van der Waals surface area contributed by atoms with Crippen LogP contribution in [-0.4, -0.2) is 48.7 Å². The lowest BCUT2D eigenvalue weighted by molar-refractivity contribution is 0.368. The van der Waals surface area contributed by atoms with Crippen molar-refractivity contribution in [3.8, 4) is 0 Å². The first kappa shape index (κ1) is 18.1. The Bertz CT molecular complexity index is 513. The van der Waals surface area contributed by atoms with Gasteiger partial charge in [0.1, 0.15) is 4.90 Å². The molecule has 0 aliphatic heterocycles. The van der Waals surface area contributed by atoms with E-state index in [0.29, 0.717) is 6.54 Å².